The molecule has 0 spiro atoms. The molecule has 1 aliphatic heterocycles. The minimum atomic E-state index is -1.08. The summed E-state index contributed by atoms with van der Waals surface area (Å²) in [5.74, 6) is -1.03. The molecule has 0 bridgehead atoms. The summed E-state index contributed by atoms with van der Waals surface area (Å²) in [6.07, 6.45) is 5.42. The number of nitrogens with zero attached hydrogens (tertiary/aromatic N) is 1. The Hall–Kier alpha value is -1.92. The fourth-order valence-electron chi connectivity index (χ4n) is 2.21. The molecule has 0 atom stereocenters. The Morgan fingerprint density at radius 2 is 2.09 bits per heavy atom. The van der Waals surface area contributed by atoms with Crippen LogP contribution in [-0.4, -0.2) is 32.7 Å². The number of hydrogen-bond acceptors (Lipinski definition) is 4. The summed E-state index contributed by atoms with van der Waals surface area (Å²) in [5, 5.41) is 8.81. The first-order valence-electron chi connectivity index (χ1n) is 7.13. The third-order valence-corrected chi connectivity index (χ3v) is 4.70. The van der Waals surface area contributed by atoms with Gasteiger partial charge in [0.05, 0.1) is 4.91 Å². The first-order chi connectivity index (χ1) is 10.9. The summed E-state index contributed by atoms with van der Waals surface area (Å²) in [4.78, 5) is 24.4. The van der Waals surface area contributed by atoms with Crippen LogP contribution in [0.25, 0.3) is 6.08 Å². The van der Waals surface area contributed by atoms with E-state index in [0.717, 1.165) is 22.2 Å². The zero-order chi connectivity index (χ0) is 17.0. The zero-order valence-electron chi connectivity index (χ0n) is 12.9. The standard InChI is InChI=1S/C17H17NO3S2/c1-11(2)13-8-4-3-6-12(13)7-5-9-14-16(21)18(10-15(19)20)17(22)23-14/h3-9,11H,10H2,1-2H3,(H,19,20). The van der Waals surface area contributed by atoms with Crippen LogP contribution in [0, 0.1) is 0 Å². The Labute approximate surface area is 144 Å². The van der Waals surface area contributed by atoms with Gasteiger partial charge in [-0.15, -0.1) is 0 Å². The molecule has 1 aromatic carbocycles. The van der Waals surface area contributed by atoms with Crippen LogP contribution in [0.2, 0.25) is 0 Å². The fourth-order valence-corrected chi connectivity index (χ4v) is 3.42. The second kappa shape index (κ2) is 7.57. The maximum Gasteiger partial charge on any atom is 0.323 e. The number of carbonyl (C=O) groups excluding carboxylic acids is 1. The number of carboxylic acid groups (broad SMARTS) is 1. The van der Waals surface area contributed by atoms with Crippen LogP contribution in [-0.2, 0) is 9.59 Å². The van der Waals surface area contributed by atoms with Crippen molar-refractivity contribution in [2.75, 3.05) is 6.54 Å². The summed E-state index contributed by atoms with van der Waals surface area (Å²) in [5.41, 5.74) is 2.33. The number of thioether (sulfide) groups is 1. The minimum absolute atomic E-state index is 0.277. The number of benzene rings is 1. The average molecular weight is 347 g/mol. The second-order valence-electron chi connectivity index (χ2n) is 5.33. The van der Waals surface area contributed by atoms with Crippen molar-refractivity contribution < 1.29 is 14.7 Å². The fraction of sp³-hybridized carbons (Fsp3) is 0.235. The molecular formula is C17H17NO3S2. The quantitative estimate of drug-likeness (QED) is 0.651. The summed E-state index contributed by atoms with van der Waals surface area (Å²) < 4.78 is 0.277. The van der Waals surface area contributed by atoms with Crippen molar-refractivity contribution in [3.8, 4) is 0 Å². The monoisotopic (exact) mass is 347 g/mol. The van der Waals surface area contributed by atoms with E-state index < -0.39 is 12.5 Å². The number of carboxylic acids is 1. The van der Waals surface area contributed by atoms with Gasteiger partial charge in [0, 0.05) is 0 Å². The van der Waals surface area contributed by atoms with Crippen molar-refractivity contribution in [3.63, 3.8) is 0 Å². The highest BCUT2D eigenvalue weighted by Gasteiger charge is 2.32. The number of thiocarbonyl (C=S) groups is 1. The van der Waals surface area contributed by atoms with Crippen LogP contribution in [0.5, 0.6) is 0 Å². The smallest absolute Gasteiger partial charge is 0.323 e. The topological polar surface area (TPSA) is 57.6 Å². The van der Waals surface area contributed by atoms with E-state index in [0.29, 0.717) is 10.8 Å². The Balaban J connectivity index is 2.16. The van der Waals surface area contributed by atoms with Gasteiger partial charge in [0.25, 0.3) is 5.91 Å². The van der Waals surface area contributed by atoms with Crippen molar-refractivity contribution in [2.24, 2.45) is 0 Å². The maximum atomic E-state index is 12.1. The molecule has 4 nitrogen and oxygen atoms in total. The van der Waals surface area contributed by atoms with Gasteiger partial charge < -0.3 is 5.11 Å². The first-order valence-corrected chi connectivity index (χ1v) is 8.35. The highest BCUT2D eigenvalue weighted by atomic mass is 32.2. The Morgan fingerprint density at radius 1 is 1.39 bits per heavy atom. The van der Waals surface area contributed by atoms with Crippen LogP contribution >= 0.6 is 24.0 Å². The van der Waals surface area contributed by atoms with E-state index in [9.17, 15) is 9.59 Å². The van der Waals surface area contributed by atoms with Gasteiger partial charge in [0.1, 0.15) is 10.9 Å². The van der Waals surface area contributed by atoms with Crippen LogP contribution in [0.3, 0.4) is 0 Å². The van der Waals surface area contributed by atoms with Crippen molar-refractivity contribution in [1.82, 2.24) is 4.90 Å². The van der Waals surface area contributed by atoms with E-state index in [1.54, 1.807) is 12.2 Å². The number of carbonyl (C=O) groups is 2. The molecular weight excluding hydrogens is 330 g/mol. The number of aliphatic carboxylic acids is 1. The molecule has 1 fully saturated rings. The molecule has 1 N–H and O–H groups in total. The predicted molar refractivity (Wildman–Crippen MR) is 97.2 cm³/mol. The van der Waals surface area contributed by atoms with Crippen LogP contribution in [0.4, 0.5) is 0 Å². The van der Waals surface area contributed by atoms with Crippen LogP contribution < -0.4 is 0 Å². The zero-order valence-corrected chi connectivity index (χ0v) is 14.5. The van der Waals surface area contributed by atoms with Gasteiger partial charge >= 0.3 is 5.97 Å². The van der Waals surface area contributed by atoms with Gasteiger partial charge in [-0.1, -0.05) is 74.2 Å². The molecule has 0 saturated carbocycles. The summed E-state index contributed by atoms with van der Waals surface area (Å²) in [6.45, 7) is 3.86. The van der Waals surface area contributed by atoms with Crippen molar-refractivity contribution in [2.45, 2.75) is 19.8 Å². The third kappa shape index (κ3) is 4.30. The lowest BCUT2D eigenvalue weighted by Gasteiger charge is -2.10. The maximum absolute atomic E-state index is 12.1. The van der Waals surface area contributed by atoms with Crippen LogP contribution in [0.1, 0.15) is 30.9 Å². The number of hydrogen-bond donors (Lipinski definition) is 1. The van der Waals surface area contributed by atoms with E-state index >= 15 is 0 Å². The van der Waals surface area contributed by atoms with Gasteiger partial charge in [-0.25, -0.2) is 0 Å². The van der Waals surface area contributed by atoms with Gasteiger partial charge in [-0.3, -0.25) is 14.5 Å². The van der Waals surface area contributed by atoms with Crippen molar-refractivity contribution >= 4 is 46.3 Å². The summed E-state index contributed by atoms with van der Waals surface area (Å²) in [7, 11) is 0. The molecule has 1 amide bonds. The average Bonchev–Trinajstić information content (AvgIpc) is 2.75. The van der Waals surface area contributed by atoms with E-state index in [4.69, 9.17) is 17.3 Å². The highest BCUT2D eigenvalue weighted by molar-refractivity contribution is 8.26. The minimum Gasteiger partial charge on any atom is -0.480 e. The Bertz CT molecular complexity index is 708. The Morgan fingerprint density at radius 3 is 2.74 bits per heavy atom. The molecule has 1 aromatic rings. The van der Waals surface area contributed by atoms with Gasteiger partial charge in [-0.05, 0) is 23.1 Å². The molecule has 0 unspecified atom stereocenters. The van der Waals surface area contributed by atoms with Crippen LogP contribution in [0.15, 0.2) is 41.3 Å². The predicted octanol–water partition coefficient (Wildman–Crippen LogP) is 3.65. The van der Waals surface area contributed by atoms with Gasteiger partial charge in [0.15, 0.2) is 0 Å². The largest absolute Gasteiger partial charge is 0.480 e. The molecule has 0 radical (unpaired) electrons. The molecule has 23 heavy (non-hydrogen) atoms. The molecule has 0 aromatic heterocycles. The number of amides is 1. The van der Waals surface area contributed by atoms with E-state index in [2.05, 4.69) is 19.9 Å². The molecule has 2 rings (SSSR count). The number of rotatable bonds is 5. The van der Waals surface area contributed by atoms with E-state index in [1.165, 1.54) is 5.56 Å². The normalized spacial score (nSPS) is 17.0. The van der Waals surface area contributed by atoms with Crippen molar-refractivity contribution in [1.29, 1.82) is 0 Å². The third-order valence-electron chi connectivity index (χ3n) is 3.31. The molecule has 6 heteroatoms. The van der Waals surface area contributed by atoms with Crippen molar-refractivity contribution in [3.05, 3.63) is 52.4 Å². The van der Waals surface area contributed by atoms with Gasteiger partial charge in [0.2, 0.25) is 0 Å². The molecule has 0 aliphatic carbocycles. The SMILES string of the molecule is CC(C)c1ccccc1C=CC=C1SC(=S)N(CC(=O)O)C1=O. The Kier molecular flexibility index (Phi) is 5.74. The lowest BCUT2D eigenvalue weighted by Crippen LogP contribution is -2.33. The molecule has 1 heterocycles. The number of allylic oxidation sites excluding steroid dienone is 2. The highest BCUT2D eigenvalue weighted by Crippen LogP contribution is 2.30. The lowest BCUT2D eigenvalue weighted by molar-refractivity contribution is -0.140. The second-order valence-corrected chi connectivity index (χ2v) is 7.00. The van der Waals surface area contributed by atoms with E-state index in [-0.39, 0.29) is 10.2 Å². The van der Waals surface area contributed by atoms with Gasteiger partial charge in [-0.2, -0.15) is 0 Å². The first kappa shape index (κ1) is 17.4. The summed E-state index contributed by atoms with van der Waals surface area (Å²) in [6, 6.07) is 8.08. The molecule has 1 aliphatic rings. The summed E-state index contributed by atoms with van der Waals surface area (Å²) >= 11 is 6.18. The van der Waals surface area contributed by atoms with E-state index in [1.807, 2.05) is 24.3 Å². The lowest BCUT2D eigenvalue weighted by atomic mass is 9.97. The molecule has 120 valence electrons. The molecule has 1 saturated heterocycles.